The molecule has 1 aromatic heterocycles. The molecule has 4 atom stereocenters. The van der Waals surface area contributed by atoms with Crippen molar-refractivity contribution in [2.24, 2.45) is 11.5 Å². The fourth-order valence-electron chi connectivity index (χ4n) is 4.42. The number of benzene rings is 2. The van der Waals surface area contributed by atoms with E-state index in [1.165, 1.54) is 19.1 Å². The molecular formula is C29H38N6O6. The molecule has 0 saturated heterocycles. The Morgan fingerprint density at radius 1 is 0.878 bits per heavy atom. The highest BCUT2D eigenvalue weighted by atomic mass is 16.4. The second-order valence-electron chi connectivity index (χ2n) is 10.0. The molecule has 0 aliphatic rings. The van der Waals surface area contributed by atoms with Crippen LogP contribution in [0.3, 0.4) is 0 Å². The van der Waals surface area contributed by atoms with E-state index in [9.17, 15) is 29.4 Å². The zero-order chi connectivity index (χ0) is 29.9. The van der Waals surface area contributed by atoms with Gasteiger partial charge in [-0.15, -0.1) is 0 Å². The van der Waals surface area contributed by atoms with Gasteiger partial charge in [-0.05, 0) is 68.5 Å². The number of phenols is 1. The number of fused-ring (bicyclic) bond motifs is 1. The number of nitrogens with two attached hydrogens (primary N) is 2. The molecule has 0 spiro atoms. The number of para-hydroxylation sites is 1. The van der Waals surface area contributed by atoms with Crippen LogP contribution in [-0.2, 0) is 32.0 Å². The van der Waals surface area contributed by atoms with Gasteiger partial charge in [0.25, 0.3) is 0 Å². The number of hydrogen-bond donors (Lipinski definition) is 8. The number of aliphatic carboxylic acids is 1. The lowest BCUT2D eigenvalue weighted by molar-refractivity contribution is -0.142. The van der Waals surface area contributed by atoms with Crippen LogP contribution in [0.2, 0.25) is 0 Å². The minimum Gasteiger partial charge on any atom is -0.508 e. The number of carboxylic acid groups (broad SMARTS) is 1. The zero-order valence-corrected chi connectivity index (χ0v) is 22.9. The molecule has 0 radical (unpaired) electrons. The van der Waals surface area contributed by atoms with Crippen molar-refractivity contribution in [1.82, 2.24) is 20.9 Å². The Labute approximate surface area is 237 Å². The van der Waals surface area contributed by atoms with Crippen LogP contribution in [-0.4, -0.2) is 69.6 Å². The topological polar surface area (TPSA) is 213 Å². The highest BCUT2D eigenvalue weighted by molar-refractivity contribution is 5.94. The average molecular weight is 567 g/mol. The lowest BCUT2D eigenvalue weighted by atomic mass is 10.0. The van der Waals surface area contributed by atoms with E-state index in [4.69, 9.17) is 11.5 Å². The zero-order valence-electron chi connectivity index (χ0n) is 22.9. The maximum atomic E-state index is 13.1. The van der Waals surface area contributed by atoms with Gasteiger partial charge >= 0.3 is 5.97 Å². The summed E-state index contributed by atoms with van der Waals surface area (Å²) < 4.78 is 0. The van der Waals surface area contributed by atoms with E-state index in [2.05, 4.69) is 20.9 Å². The summed E-state index contributed by atoms with van der Waals surface area (Å²) in [7, 11) is 0. The van der Waals surface area contributed by atoms with E-state index in [1.807, 2.05) is 24.3 Å². The van der Waals surface area contributed by atoms with Gasteiger partial charge in [0, 0.05) is 23.5 Å². The Morgan fingerprint density at radius 2 is 1.56 bits per heavy atom. The molecule has 0 saturated carbocycles. The van der Waals surface area contributed by atoms with Gasteiger partial charge in [0.15, 0.2) is 0 Å². The number of hydrogen-bond acceptors (Lipinski definition) is 7. The average Bonchev–Trinajstić information content (AvgIpc) is 3.35. The third-order valence-corrected chi connectivity index (χ3v) is 6.77. The predicted octanol–water partition coefficient (Wildman–Crippen LogP) is 0.674. The van der Waals surface area contributed by atoms with Gasteiger partial charge in [0.2, 0.25) is 17.7 Å². The molecule has 10 N–H and O–H groups in total. The summed E-state index contributed by atoms with van der Waals surface area (Å²) in [6.45, 7) is 1.85. The van der Waals surface area contributed by atoms with E-state index in [0.717, 1.165) is 22.0 Å². The minimum absolute atomic E-state index is 0.0441. The maximum absolute atomic E-state index is 13.1. The number of carbonyl (C=O) groups is 4. The Balaban J connectivity index is 1.61. The SMILES string of the molecule is CC(NC(=O)C(CCCCN)NC(=O)C(N)Cc1ccc(O)cc1)C(=O)NC(Cc1c[nH]c2ccccc12)C(=O)O. The monoisotopic (exact) mass is 566 g/mol. The molecule has 41 heavy (non-hydrogen) atoms. The quantitative estimate of drug-likeness (QED) is 0.122. The molecule has 2 aromatic carbocycles. The number of aromatic nitrogens is 1. The van der Waals surface area contributed by atoms with E-state index >= 15 is 0 Å². The fourth-order valence-corrected chi connectivity index (χ4v) is 4.42. The van der Waals surface area contributed by atoms with Crippen molar-refractivity contribution in [3.63, 3.8) is 0 Å². The summed E-state index contributed by atoms with van der Waals surface area (Å²) >= 11 is 0. The molecule has 0 fully saturated rings. The number of rotatable bonds is 15. The van der Waals surface area contributed by atoms with Crippen LogP contribution in [0.1, 0.15) is 37.3 Å². The van der Waals surface area contributed by atoms with Gasteiger partial charge < -0.3 is 42.6 Å². The van der Waals surface area contributed by atoms with Crippen molar-refractivity contribution in [3.8, 4) is 5.75 Å². The molecule has 3 rings (SSSR count). The van der Waals surface area contributed by atoms with Crippen molar-refractivity contribution in [2.45, 2.75) is 63.2 Å². The number of carbonyl (C=O) groups excluding carboxylic acids is 3. The molecular weight excluding hydrogens is 528 g/mol. The molecule has 1 heterocycles. The maximum Gasteiger partial charge on any atom is 0.326 e. The largest absolute Gasteiger partial charge is 0.508 e. The van der Waals surface area contributed by atoms with Gasteiger partial charge in [0.05, 0.1) is 6.04 Å². The fraction of sp³-hybridized carbons (Fsp3) is 0.379. The molecule has 4 unspecified atom stereocenters. The molecule has 12 nitrogen and oxygen atoms in total. The predicted molar refractivity (Wildman–Crippen MR) is 154 cm³/mol. The number of aromatic amines is 1. The van der Waals surface area contributed by atoms with Gasteiger partial charge in [-0.1, -0.05) is 30.3 Å². The number of aromatic hydroxyl groups is 1. The first-order valence-corrected chi connectivity index (χ1v) is 13.5. The van der Waals surface area contributed by atoms with Crippen molar-refractivity contribution >= 4 is 34.6 Å². The van der Waals surface area contributed by atoms with E-state index in [-0.39, 0.29) is 25.0 Å². The first-order chi connectivity index (χ1) is 19.6. The van der Waals surface area contributed by atoms with Crippen LogP contribution >= 0.6 is 0 Å². The third-order valence-electron chi connectivity index (χ3n) is 6.77. The van der Waals surface area contributed by atoms with Crippen LogP contribution in [0.15, 0.2) is 54.7 Å². The smallest absolute Gasteiger partial charge is 0.326 e. The van der Waals surface area contributed by atoms with Gasteiger partial charge in [-0.2, -0.15) is 0 Å². The first kappa shape index (κ1) is 31.1. The summed E-state index contributed by atoms with van der Waals surface area (Å²) in [5, 5.41) is 27.8. The van der Waals surface area contributed by atoms with Crippen molar-refractivity contribution < 1.29 is 29.4 Å². The molecule has 3 aromatic rings. The number of nitrogens with one attached hydrogen (secondary N) is 4. The van der Waals surface area contributed by atoms with Crippen LogP contribution in [0.4, 0.5) is 0 Å². The standard InChI is InChI=1S/C29H38N6O6/c1-17(26(37)35-25(29(40)41)15-19-16-32-23-7-3-2-6-21(19)23)33-28(39)24(8-4-5-13-30)34-27(38)22(31)14-18-9-11-20(36)12-10-18/h2-3,6-7,9-12,16-17,22,24-25,32,36H,4-5,8,13-15,30-31H2,1H3,(H,33,39)(H,34,38)(H,35,37)(H,40,41). The third kappa shape index (κ3) is 9.05. The summed E-state index contributed by atoms with van der Waals surface area (Å²) in [6, 6.07) is 9.49. The Morgan fingerprint density at radius 3 is 2.24 bits per heavy atom. The highest BCUT2D eigenvalue weighted by Crippen LogP contribution is 2.19. The van der Waals surface area contributed by atoms with Crippen LogP contribution in [0, 0.1) is 0 Å². The van der Waals surface area contributed by atoms with Crippen molar-refractivity contribution in [3.05, 3.63) is 65.9 Å². The van der Waals surface area contributed by atoms with Crippen LogP contribution in [0.5, 0.6) is 5.75 Å². The van der Waals surface area contributed by atoms with Gasteiger partial charge in [-0.3, -0.25) is 14.4 Å². The molecule has 220 valence electrons. The number of H-pyrrole nitrogens is 1. The van der Waals surface area contributed by atoms with Crippen molar-refractivity contribution in [2.75, 3.05) is 6.54 Å². The second kappa shape index (κ2) is 14.8. The lowest BCUT2D eigenvalue weighted by Crippen LogP contribution is -2.56. The Bertz CT molecular complexity index is 1340. The Hall–Kier alpha value is -4.42. The molecule has 0 bridgehead atoms. The Kier molecular flexibility index (Phi) is 11.2. The second-order valence-corrected chi connectivity index (χ2v) is 10.0. The highest BCUT2D eigenvalue weighted by Gasteiger charge is 2.28. The van der Waals surface area contributed by atoms with E-state index in [0.29, 0.717) is 19.4 Å². The summed E-state index contributed by atoms with van der Waals surface area (Å²) in [6.07, 6.45) is 3.39. The molecule has 0 aliphatic carbocycles. The molecule has 12 heteroatoms. The van der Waals surface area contributed by atoms with Gasteiger partial charge in [-0.25, -0.2) is 4.79 Å². The summed E-state index contributed by atoms with van der Waals surface area (Å²) in [4.78, 5) is 53.8. The molecule has 0 aliphatic heterocycles. The van der Waals surface area contributed by atoms with Gasteiger partial charge in [0.1, 0.15) is 23.9 Å². The van der Waals surface area contributed by atoms with E-state index in [1.54, 1.807) is 18.3 Å². The normalized spacial score (nSPS) is 14.0. The number of carboxylic acids is 1. The molecule has 3 amide bonds. The number of phenolic OH excluding ortho intramolecular Hbond substituents is 1. The van der Waals surface area contributed by atoms with Crippen LogP contribution in [0.25, 0.3) is 10.9 Å². The summed E-state index contributed by atoms with van der Waals surface area (Å²) in [5.41, 5.74) is 14.0. The van der Waals surface area contributed by atoms with E-state index < -0.39 is 47.9 Å². The number of amides is 3. The summed E-state index contributed by atoms with van der Waals surface area (Å²) in [5.74, 6) is -2.95. The minimum atomic E-state index is -1.22. The number of unbranched alkanes of at least 4 members (excludes halogenated alkanes) is 1. The lowest BCUT2D eigenvalue weighted by Gasteiger charge is -2.23. The first-order valence-electron chi connectivity index (χ1n) is 13.5. The van der Waals surface area contributed by atoms with Crippen molar-refractivity contribution in [1.29, 1.82) is 0 Å². The van der Waals surface area contributed by atoms with Crippen LogP contribution < -0.4 is 27.4 Å².